The van der Waals surface area contributed by atoms with Crippen molar-refractivity contribution >= 4 is 17.6 Å². The molecule has 0 atom stereocenters. The Hall–Kier alpha value is -4.16. The van der Waals surface area contributed by atoms with Crippen LogP contribution in [0.3, 0.4) is 0 Å². The van der Waals surface area contributed by atoms with E-state index in [9.17, 15) is 35.9 Å². The third-order valence-electron chi connectivity index (χ3n) is 6.36. The van der Waals surface area contributed by atoms with E-state index in [-0.39, 0.29) is 43.2 Å². The van der Waals surface area contributed by atoms with Crippen LogP contribution in [0.25, 0.3) is 5.65 Å². The highest BCUT2D eigenvalue weighted by molar-refractivity contribution is 5.94. The Labute approximate surface area is 247 Å². The first-order valence-electron chi connectivity index (χ1n) is 13.3. The number of urea groups is 1. The van der Waals surface area contributed by atoms with Crippen LogP contribution in [-0.2, 0) is 17.8 Å². The number of halogens is 6. The molecule has 19 heteroatoms. The van der Waals surface area contributed by atoms with E-state index < -0.39 is 42.8 Å². The zero-order valence-corrected chi connectivity index (χ0v) is 24.1. The summed E-state index contributed by atoms with van der Waals surface area (Å²) in [4.78, 5) is 29.0. The van der Waals surface area contributed by atoms with Gasteiger partial charge in [-0.2, -0.15) is 22.7 Å². The summed E-state index contributed by atoms with van der Waals surface area (Å²) < 4.78 is 94.1. The van der Waals surface area contributed by atoms with Crippen LogP contribution in [-0.4, -0.2) is 93.9 Å². The first-order chi connectivity index (χ1) is 20.7. The Bertz CT molecular complexity index is 1390. The van der Waals surface area contributed by atoms with Gasteiger partial charge >= 0.3 is 17.9 Å². The van der Waals surface area contributed by atoms with Crippen LogP contribution >= 0.6 is 0 Å². The van der Waals surface area contributed by atoms with Crippen LogP contribution in [0.4, 0.5) is 31.1 Å². The lowest BCUT2D eigenvalue weighted by Crippen LogP contribution is -2.48. The second kappa shape index (κ2) is 14.5. The second-order valence-corrected chi connectivity index (χ2v) is 9.95. The maximum atomic E-state index is 13.9. The van der Waals surface area contributed by atoms with Crippen LogP contribution in [0, 0.1) is 0 Å². The lowest BCUT2D eigenvalue weighted by Gasteiger charge is -2.26. The quantitative estimate of drug-likeness (QED) is 0.386. The molecule has 0 aromatic carbocycles. The minimum Gasteiger partial charge on any atom is -0.477 e. The minimum absolute atomic E-state index is 0.0244. The van der Waals surface area contributed by atoms with Crippen molar-refractivity contribution < 1.29 is 50.0 Å². The average Bonchev–Trinajstić information content (AvgIpc) is 3.60. The number of alkyl halides is 6. The van der Waals surface area contributed by atoms with Gasteiger partial charge in [-0.05, 0) is 34.8 Å². The van der Waals surface area contributed by atoms with Gasteiger partial charge in [0.15, 0.2) is 5.65 Å². The van der Waals surface area contributed by atoms with Gasteiger partial charge in [0.1, 0.15) is 0 Å². The number of fused-ring (bicyclic) bond motifs is 1. The molecule has 0 unspecified atom stereocenters. The highest BCUT2D eigenvalue weighted by Crippen LogP contribution is 2.36. The van der Waals surface area contributed by atoms with Crippen LogP contribution in [0.1, 0.15) is 53.8 Å². The van der Waals surface area contributed by atoms with Crippen molar-refractivity contribution in [2.24, 2.45) is 0 Å². The summed E-state index contributed by atoms with van der Waals surface area (Å²) >= 11 is 0. The lowest BCUT2D eigenvalue weighted by atomic mass is 9.97. The van der Waals surface area contributed by atoms with Crippen LogP contribution in [0.15, 0.2) is 23.1 Å². The normalized spacial score (nSPS) is 18.6. The van der Waals surface area contributed by atoms with Gasteiger partial charge in [0.2, 0.25) is 11.6 Å². The number of hydrogen-bond acceptors (Lipinski definition) is 9. The highest BCUT2D eigenvalue weighted by atomic mass is 19.3. The van der Waals surface area contributed by atoms with Gasteiger partial charge in [0.25, 0.3) is 11.8 Å². The van der Waals surface area contributed by atoms with Crippen molar-refractivity contribution in [3.05, 3.63) is 35.4 Å². The molecule has 3 aromatic heterocycles. The fraction of sp³-hybridized carbons (Fsp3) is 0.600. The number of nitrogens with one attached hydrogen (secondary N) is 2. The van der Waals surface area contributed by atoms with Crippen molar-refractivity contribution in [3.63, 3.8) is 0 Å². The van der Waals surface area contributed by atoms with Crippen molar-refractivity contribution in [1.29, 1.82) is 0 Å². The molecule has 44 heavy (non-hydrogen) atoms. The Morgan fingerprint density at radius 3 is 2.36 bits per heavy atom. The molecule has 1 saturated heterocycles. The summed E-state index contributed by atoms with van der Waals surface area (Å²) in [6.45, 7) is -3.33. The predicted molar refractivity (Wildman–Crippen MR) is 140 cm³/mol. The fourth-order valence-electron chi connectivity index (χ4n) is 4.12. The standard InChI is InChI=1S/C17H16F4N8O4.C6H10F2.C2H6O/c1-32-14-12(26-33-27-14)13(30)22-4-10-6-29-11(25-10)2-9(3-24-29)5-28-8-17(20,21)16(18,19)7-23-15(28)31;7-6(8)4-2-1-3-5-6;1-3-2/h2-3,6H,4-5,7-8H2,1H3,(H,22,30)(H,23,31);1-5H2;1-2H3. The Morgan fingerprint density at radius 1 is 1.07 bits per heavy atom. The molecule has 1 aliphatic carbocycles. The predicted octanol–water partition coefficient (Wildman–Crippen LogP) is 3.70. The number of amides is 3. The summed E-state index contributed by atoms with van der Waals surface area (Å²) in [6.07, 6.45) is 5.46. The summed E-state index contributed by atoms with van der Waals surface area (Å²) in [5.41, 5.74) is 0.810. The van der Waals surface area contributed by atoms with Gasteiger partial charge in [-0.3, -0.25) is 4.79 Å². The van der Waals surface area contributed by atoms with Crippen molar-refractivity contribution in [3.8, 4) is 5.88 Å². The average molecular weight is 639 g/mol. The molecule has 13 nitrogen and oxygen atoms in total. The molecule has 2 aliphatic rings. The first kappa shape index (κ1) is 34.3. The molecular weight excluding hydrogens is 606 g/mol. The second-order valence-electron chi connectivity index (χ2n) is 9.95. The topological polar surface area (TPSA) is 149 Å². The maximum absolute atomic E-state index is 13.9. The number of carbonyl (C=O) groups excluding carboxylic acids is 2. The van der Waals surface area contributed by atoms with Crippen LogP contribution in [0.5, 0.6) is 5.88 Å². The smallest absolute Gasteiger partial charge is 0.329 e. The Morgan fingerprint density at radius 2 is 1.75 bits per heavy atom. The molecular formula is C25H32F6N8O5. The summed E-state index contributed by atoms with van der Waals surface area (Å²) in [7, 11) is 4.55. The summed E-state index contributed by atoms with van der Waals surface area (Å²) in [5.74, 6) is -11.8. The number of hydrogen-bond donors (Lipinski definition) is 2. The first-order valence-corrected chi connectivity index (χ1v) is 13.3. The number of nitrogens with zero attached hydrogens (tertiary/aromatic N) is 6. The SMILES string of the molecule is COC.COc1nonc1C(=O)NCc1cn2ncc(CN3CC(F)(F)C(F)(F)CNC3=O)cc2n1.FC1(F)CCCCC1. The van der Waals surface area contributed by atoms with Crippen molar-refractivity contribution in [2.75, 3.05) is 34.4 Å². The number of methoxy groups -OCH3 is 2. The van der Waals surface area contributed by atoms with Crippen molar-refractivity contribution in [2.45, 2.75) is 63.0 Å². The van der Waals surface area contributed by atoms with Crippen LogP contribution in [0.2, 0.25) is 0 Å². The highest BCUT2D eigenvalue weighted by Gasteiger charge is 2.59. The van der Waals surface area contributed by atoms with Crippen molar-refractivity contribution in [1.82, 2.24) is 40.4 Å². The third kappa shape index (κ3) is 8.93. The molecule has 0 spiro atoms. The van der Waals surface area contributed by atoms with E-state index in [2.05, 4.69) is 35.1 Å². The zero-order chi connectivity index (χ0) is 32.5. The third-order valence-corrected chi connectivity index (χ3v) is 6.36. The van der Waals surface area contributed by atoms with E-state index >= 15 is 0 Å². The summed E-state index contributed by atoms with van der Waals surface area (Å²) in [6, 6.07) is 0.411. The molecule has 4 heterocycles. The number of imidazole rings is 1. The largest absolute Gasteiger partial charge is 0.477 e. The van der Waals surface area contributed by atoms with E-state index in [0.717, 1.165) is 6.42 Å². The maximum Gasteiger partial charge on any atom is 0.329 e. The lowest BCUT2D eigenvalue weighted by molar-refractivity contribution is -0.204. The van der Waals surface area contributed by atoms with Gasteiger partial charge in [0, 0.05) is 33.6 Å². The Balaban J connectivity index is 0.000000408. The van der Waals surface area contributed by atoms with E-state index in [1.54, 1.807) is 19.5 Å². The van der Waals surface area contributed by atoms with E-state index in [4.69, 9.17) is 4.74 Å². The number of ether oxygens (including phenoxy) is 2. The molecule has 0 radical (unpaired) electrons. The van der Waals surface area contributed by atoms with E-state index in [1.807, 2.05) is 0 Å². The number of carbonyl (C=O) groups is 2. The zero-order valence-electron chi connectivity index (χ0n) is 24.1. The number of aromatic nitrogens is 5. The molecule has 1 aliphatic heterocycles. The molecule has 3 aromatic rings. The fourth-order valence-corrected chi connectivity index (χ4v) is 4.12. The molecule has 244 valence electrons. The van der Waals surface area contributed by atoms with Crippen LogP contribution < -0.4 is 15.4 Å². The molecule has 2 fully saturated rings. The summed E-state index contributed by atoms with van der Waals surface area (Å²) in [5, 5.41) is 15.3. The van der Waals surface area contributed by atoms with Gasteiger partial charge in [-0.25, -0.2) is 27.7 Å². The van der Waals surface area contributed by atoms with Gasteiger partial charge in [0.05, 0.1) is 44.8 Å². The van der Waals surface area contributed by atoms with Gasteiger partial charge < -0.3 is 25.0 Å². The monoisotopic (exact) mass is 638 g/mol. The Kier molecular flexibility index (Phi) is 11.3. The number of rotatable bonds is 6. The molecule has 3 amide bonds. The molecule has 5 rings (SSSR count). The molecule has 2 N–H and O–H groups in total. The van der Waals surface area contributed by atoms with Gasteiger partial charge in [-0.1, -0.05) is 6.42 Å². The molecule has 0 bridgehead atoms. The minimum atomic E-state index is -4.40. The van der Waals surface area contributed by atoms with E-state index in [1.165, 1.54) is 30.1 Å². The van der Waals surface area contributed by atoms with Gasteiger partial charge in [-0.15, -0.1) is 0 Å². The van der Waals surface area contributed by atoms with E-state index in [0.29, 0.717) is 29.0 Å². The molecule has 1 saturated carbocycles.